The van der Waals surface area contributed by atoms with Crippen molar-refractivity contribution in [2.75, 3.05) is 48.2 Å². The van der Waals surface area contributed by atoms with Gasteiger partial charge in [0.2, 0.25) is 15.9 Å². The Morgan fingerprint density at radius 1 is 1.19 bits per heavy atom. The summed E-state index contributed by atoms with van der Waals surface area (Å²) in [5.41, 5.74) is 1.62. The van der Waals surface area contributed by atoms with Gasteiger partial charge < -0.3 is 15.0 Å². The van der Waals surface area contributed by atoms with E-state index in [4.69, 9.17) is 4.74 Å². The highest BCUT2D eigenvalue weighted by atomic mass is 32.2. The summed E-state index contributed by atoms with van der Waals surface area (Å²) in [6, 6.07) is 7.41. The number of amides is 1. The van der Waals surface area contributed by atoms with Crippen LogP contribution >= 0.6 is 0 Å². The highest BCUT2D eigenvalue weighted by Gasteiger charge is 2.20. The second kappa shape index (κ2) is 9.94. The molecule has 27 heavy (non-hydrogen) atoms. The number of rotatable bonds is 10. The Hall–Kier alpha value is -1.80. The number of benzene rings is 1. The molecule has 2 rings (SSSR count). The lowest BCUT2D eigenvalue weighted by Crippen LogP contribution is -2.36. The molecule has 0 radical (unpaired) electrons. The van der Waals surface area contributed by atoms with Crippen LogP contribution in [0.4, 0.5) is 11.4 Å². The van der Waals surface area contributed by atoms with Crippen LogP contribution in [0, 0.1) is 0 Å². The van der Waals surface area contributed by atoms with Crippen molar-refractivity contribution < 1.29 is 17.9 Å². The van der Waals surface area contributed by atoms with Gasteiger partial charge in [-0.3, -0.25) is 9.10 Å². The fourth-order valence-corrected chi connectivity index (χ4v) is 4.16. The van der Waals surface area contributed by atoms with E-state index in [0.29, 0.717) is 12.2 Å². The predicted molar refractivity (Wildman–Crippen MR) is 109 cm³/mol. The van der Waals surface area contributed by atoms with Crippen molar-refractivity contribution in [2.24, 2.45) is 0 Å². The monoisotopic (exact) mass is 397 g/mol. The molecule has 0 aliphatic carbocycles. The van der Waals surface area contributed by atoms with Crippen LogP contribution < -0.4 is 14.5 Å². The molecular weight excluding hydrogens is 366 g/mol. The van der Waals surface area contributed by atoms with Gasteiger partial charge in [-0.25, -0.2) is 8.42 Å². The maximum atomic E-state index is 12.2. The highest BCUT2D eigenvalue weighted by molar-refractivity contribution is 7.92. The molecule has 7 nitrogen and oxygen atoms in total. The summed E-state index contributed by atoms with van der Waals surface area (Å²) in [6.45, 7) is 7.26. The lowest BCUT2D eigenvalue weighted by Gasteiger charge is -2.25. The maximum absolute atomic E-state index is 12.2. The van der Waals surface area contributed by atoms with E-state index in [9.17, 15) is 13.2 Å². The summed E-state index contributed by atoms with van der Waals surface area (Å²) in [7, 11) is -3.47. The number of carbonyl (C=O) groups is 1. The molecule has 1 N–H and O–H groups in total. The van der Waals surface area contributed by atoms with Gasteiger partial charge in [0.25, 0.3) is 0 Å². The third kappa shape index (κ3) is 6.39. The lowest BCUT2D eigenvalue weighted by molar-refractivity contribution is -0.121. The molecule has 152 valence electrons. The number of hydrogen-bond acceptors (Lipinski definition) is 5. The normalized spacial score (nSPS) is 16.9. The van der Waals surface area contributed by atoms with E-state index >= 15 is 0 Å². The Labute approximate surface area is 162 Å². The van der Waals surface area contributed by atoms with Crippen molar-refractivity contribution in [3.8, 4) is 0 Å². The number of anilines is 2. The topological polar surface area (TPSA) is 79.0 Å². The summed E-state index contributed by atoms with van der Waals surface area (Å²) >= 11 is 0. The minimum atomic E-state index is -3.47. The van der Waals surface area contributed by atoms with E-state index in [1.807, 2.05) is 12.1 Å². The molecule has 8 heteroatoms. The van der Waals surface area contributed by atoms with E-state index in [0.717, 1.165) is 44.5 Å². The molecule has 1 amide bonds. The smallest absolute Gasteiger partial charge is 0.232 e. The molecule has 1 heterocycles. The number of carbonyl (C=O) groups excluding carboxylic acids is 1. The highest BCUT2D eigenvalue weighted by Crippen LogP contribution is 2.23. The van der Waals surface area contributed by atoms with Crippen LogP contribution in [-0.2, 0) is 19.6 Å². The van der Waals surface area contributed by atoms with Gasteiger partial charge >= 0.3 is 0 Å². The average Bonchev–Trinajstić information content (AvgIpc) is 3.15. The first-order valence-corrected chi connectivity index (χ1v) is 11.4. The first kappa shape index (κ1) is 21.5. The largest absolute Gasteiger partial charge is 0.376 e. The molecule has 0 saturated carbocycles. The molecule has 0 bridgehead atoms. The third-order valence-corrected chi connectivity index (χ3v) is 5.95. The van der Waals surface area contributed by atoms with Crippen LogP contribution in [0.2, 0.25) is 0 Å². The van der Waals surface area contributed by atoms with Crippen LogP contribution in [0.5, 0.6) is 0 Å². The molecule has 1 aromatic carbocycles. The van der Waals surface area contributed by atoms with Crippen molar-refractivity contribution in [3.63, 3.8) is 0 Å². The Morgan fingerprint density at radius 3 is 2.33 bits per heavy atom. The molecule has 1 unspecified atom stereocenters. The van der Waals surface area contributed by atoms with E-state index in [-0.39, 0.29) is 25.0 Å². The minimum Gasteiger partial charge on any atom is -0.376 e. The lowest BCUT2D eigenvalue weighted by atomic mass is 10.2. The Morgan fingerprint density at radius 2 is 1.81 bits per heavy atom. The standard InChI is InChI=1S/C19H31N3O4S/c1-4-21(5-2)16-8-10-17(11-9-16)22(27(3,24)25)13-12-19(23)20-15-18-7-6-14-26-18/h8-11,18H,4-7,12-15H2,1-3H3,(H,20,23). The Kier molecular flexibility index (Phi) is 7.91. The van der Waals surface area contributed by atoms with Crippen molar-refractivity contribution in [3.05, 3.63) is 24.3 Å². The van der Waals surface area contributed by atoms with Crippen molar-refractivity contribution in [1.29, 1.82) is 0 Å². The third-order valence-electron chi connectivity index (χ3n) is 4.76. The molecule has 0 aromatic heterocycles. The van der Waals surface area contributed by atoms with E-state index in [1.165, 1.54) is 4.31 Å². The van der Waals surface area contributed by atoms with Crippen molar-refractivity contribution in [1.82, 2.24) is 5.32 Å². The van der Waals surface area contributed by atoms with Crippen LogP contribution in [0.25, 0.3) is 0 Å². The van der Waals surface area contributed by atoms with Crippen molar-refractivity contribution >= 4 is 27.3 Å². The number of ether oxygens (including phenoxy) is 1. The van der Waals surface area contributed by atoms with Gasteiger partial charge in [-0.2, -0.15) is 0 Å². The zero-order valence-electron chi connectivity index (χ0n) is 16.5. The van der Waals surface area contributed by atoms with Gasteiger partial charge in [0, 0.05) is 44.9 Å². The number of sulfonamides is 1. The summed E-state index contributed by atoms with van der Waals surface area (Å²) in [5.74, 6) is -0.168. The van der Waals surface area contributed by atoms with E-state index < -0.39 is 10.0 Å². The van der Waals surface area contributed by atoms with Gasteiger partial charge in [-0.15, -0.1) is 0 Å². The Bertz CT molecular complexity index is 696. The molecular formula is C19H31N3O4S. The predicted octanol–water partition coefficient (Wildman–Crippen LogP) is 1.98. The van der Waals surface area contributed by atoms with E-state index in [2.05, 4.69) is 24.1 Å². The maximum Gasteiger partial charge on any atom is 0.232 e. The van der Waals surface area contributed by atoms with Crippen molar-refractivity contribution in [2.45, 2.75) is 39.2 Å². The summed E-state index contributed by atoms with van der Waals surface area (Å²) in [4.78, 5) is 14.3. The van der Waals surface area contributed by atoms with Gasteiger partial charge in [-0.05, 0) is 51.0 Å². The fourth-order valence-electron chi connectivity index (χ4n) is 3.23. The van der Waals surface area contributed by atoms with Gasteiger partial charge in [0.1, 0.15) is 0 Å². The molecule has 1 fully saturated rings. The van der Waals surface area contributed by atoms with Gasteiger partial charge in [-0.1, -0.05) is 0 Å². The minimum absolute atomic E-state index is 0.0765. The summed E-state index contributed by atoms with van der Waals surface area (Å²) in [6.07, 6.45) is 3.32. The van der Waals surface area contributed by atoms with Crippen LogP contribution in [-0.4, -0.2) is 59.5 Å². The van der Waals surface area contributed by atoms with Gasteiger partial charge in [0.05, 0.1) is 18.0 Å². The molecule has 1 aromatic rings. The van der Waals surface area contributed by atoms with Gasteiger partial charge in [0.15, 0.2) is 0 Å². The Balaban J connectivity index is 1.97. The molecule has 1 aliphatic heterocycles. The average molecular weight is 398 g/mol. The molecule has 1 saturated heterocycles. The van der Waals surface area contributed by atoms with Crippen LogP contribution in [0.15, 0.2) is 24.3 Å². The molecule has 1 aliphatic rings. The van der Waals surface area contributed by atoms with Crippen LogP contribution in [0.1, 0.15) is 33.1 Å². The second-order valence-electron chi connectivity index (χ2n) is 6.71. The second-order valence-corrected chi connectivity index (χ2v) is 8.62. The fraction of sp³-hybridized carbons (Fsp3) is 0.632. The first-order chi connectivity index (χ1) is 12.8. The zero-order chi connectivity index (χ0) is 19.9. The SMILES string of the molecule is CCN(CC)c1ccc(N(CCC(=O)NCC2CCCO2)S(C)(=O)=O)cc1. The summed E-state index contributed by atoms with van der Waals surface area (Å²) in [5, 5.41) is 2.83. The molecule has 0 spiro atoms. The number of hydrogen-bond donors (Lipinski definition) is 1. The number of nitrogens with zero attached hydrogens (tertiary/aromatic N) is 2. The quantitative estimate of drug-likeness (QED) is 0.653. The summed E-state index contributed by atoms with van der Waals surface area (Å²) < 4.78 is 31.2. The number of nitrogens with one attached hydrogen (secondary N) is 1. The molecule has 1 atom stereocenters. The first-order valence-electron chi connectivity index (χ1n) is 9.56. The zero-order valence-corrected chi connectivity index (χ0v) is 17.3. The van der Waals surface area contributed by atoms with Crippen LogP contribution in [0.3, 0.4) is 0 Å². The van der Waals surface area contributed by atoms with E-state index in [1.54, 1.807) is 12.1 Å².